The second kappa shape index (κ2) is 11.6. The zero-order chi connectivity index (χ0) is 31.3. The first-order valence-electron chi connectivity index (χ1n) is 15.7. The van der Waals surface area contributed by atoms with E-state index in [0.29, 0.717) is 72.2 Å². The van der Waals surface area contributed by atoms with Crippen LogP contribution in [0.1, 0.15) is 74.3 Å². The fraction of sp³-hybridized carbons (Fsp3) is 0.485. The number of hydrogen-bond acceptors (Lipinski definition) is 5. The molecule has 2 amide bonds. The number of imidazole rings is 1. The number of fused-ring (bicyclic) bond motifs is 2. The monoisotopic (exact) mass is 600 g/mol. The topological polar surface area (TPSA) is 120 Å². The average Bonchev–Trinajstić information content (AvgIpc) is 3.65. The van der Waals surface area contributed by atoms with Gasteiger partial charge in [0.15, 0.2) is 0 Å². The van der Waals surface area contributed by atoms with Crippen molar-refractivity contribution in [2.45, 2.75) is 78.4 Å². The lowest BCUT2D eigenvalue weighted by atomic mass is 10.0. The normalized spacial score (nSPS) is 16.3. The number of amides is 2. The van der Waals surface area contributed by atoms with E-state index in [9.17, 15) is 24.0 Å². The number of piperidine rings is 1. The number of aryl methyl sites for hydroxylation is 4. The molecule has 4 aromatic rings. The van der Waals surface area contributed by atoms with Crippen LogP contribution in [0.5, 0.6) is 0 Å². The molecule has 0 unspecified atom stereocenters. The van der Waals surface area contributed by atoms with Gasteiger partial charge in [-0.2, -0.15) is 0 Å². The van der Waals surface area contributed by atoms with E-state index in [1.165, 1.54) is 9.13 Å². The Bertz CT molecular complexity index is 1970. The van der Waals surface area contributed by atoms with E-state index in [4.69, 9.17) is 0 Å². The van der Waals surface area contributed by atoms with Crippen LogP contribution < -0.4 is 22.3 Å². The second-order valence-corrected chi connectivity index (χ2v) is 12.2. The number of nitrogens with zero attached hydrogens (tertiary/aromatic N) is 5. The summed E-state index contributed by atoms with van der Waals surface area (Å²) in [5.41, 5.74) is 2.79. The number of carbonyl (C=O) groups is 2. The molecule has 1 N–H and O–H groups in total. The first kappa shape index (κ1) is 29.7. The van der Waals surface area contributed by atoms with E-state index >= 15 is 0 Å². The highest BCUT2D eigenvalue weighted by Crippen LogP contribution is 2.31. The zero-order valence-electron chi connectivity index (χ0n) is 25.9. The van der Waals surface area contributed by atoms with Gasteiger partial charge < -0.3 is 10.2 Å². The minimum Gasteiger partial charge on any atom is -0.338 e. The van der Waals surface area contributed by atoms with Crippen molar-refractivity contribution in [3.05, 3.63) is 72.8 Å². The van der Waals surface area contributed by atoms with Crippen molar-refractivity contribution in [3.63, 3.8) is 0 Å². The number of carbonyl (C=O) groups excluding carboxylic acids is 2. The summed E-state index contributed by atoms with van der Waals surface area (Å²) in [6, 6.07) is 8.64. The Hall–Kier alpha value is -4.41. The Kier molecular flexibility index (Phi) is 7.81. The first-order chi connectivity index (χ1) is 21.1. The van der Waals surface area contributed by atoms with Crippen molar-refractivity contribution in [2.24, 2.45) is 13.0 Å². The molecule has 2 fully saturated rings. The van der Waals surface area contributed by atoms with Crippen LogP contribution in [0.15, 0.2) is 44.7 Å². The molecule has 2 aromatic heterocycles. The van der Waals surface area contributed by atoms with Crippen molar-refractivity contribution in [3.8, 4) is 0 Å². The number of likely N-dealkylation sites (tertiary alicyclic amines) is 1. The highest BCUT2D eigenvalue weighted by Gasteiger charge is 2.31. The van der Waals surface area contributed by atoms with Crippen molar-refractivity contribution in [1.29, 1.82) is 0 Å². The summed E-state index contributed by atoms with van der Waals surface area (Å²) in [6.07, 6.45) is 4.55. The van der Waals surface area contributed by atoms with Crippen molar-refractivity contribution in [2.75, 3.05) is 18.4 Å². The van der Waals surface area contributed by atoms with Crippen LogP contribution in [-0.2, 0) is 24.9 Å². The third-order valence-corrected chi connectivity index (χ3v) is 9.58. The van der Waals surface area contributed by atoms with Gasteiger partial charge >= 0.3 is 11.4 Å². The van der Waals surface area contributed by atoms with E-state index in [1.54, 1.807) is 39.3 Å². The molecule has 1 saturated carbocycles. The van der Waals surface area contributed by atoms with Gasteiger partial charge in [0.25, 0.3) is 11.5 Å². The predicted molar refractivity (Wildman–Crippen MR) is 170 cm³/mol. The maximum absolute atomic E-state index is 14.1. The van der Waals surface area contributed by atoms with E-state index < -0.39 is 0 Å². The van der Waals surface area contributed by atoms with Crippen LogP contribution in [0, 0.1) is 12.8 Å². The lowest BCUT2D eigenvalue weighted by molar-refractivity contribution is -0.119. The van der Waals surface area contributed by atoms with E-state index in [-0.39, 0.29) is 40.7 Å². The van der Waals surface area contributed by atoms with Crippen LogP contribution in [0.3, 0.4) is 0 Å². The Morgan fingerprint density at radius 1 is 0.841 bits per heavy atom. The Balaban J connectivity index is 1.33. The Morgan fingerprint density at radius 2 is 1.48 bits per heavy atom. The molecule has 1 saturated heterocycles. The number of rotatable bonds is 6. The minimum absolute atomic E-state index is 0.0929. The highest BCUT2D eigenvalue weighted by atomic mass is 16.2. The number of aromatic nitrogens is 4. The summed E-state index contributed by atoms with van der Waals surface area (Å²) in [7, 11) is 1.67. The van der Waals surface area contributed by atoms with Crippen LogP contribution >= 0.6 is 0 Å². The maximum Gasteiger partial charge on any atom is 0.331 e. The summed E-state index contributed by atoms with van der Waals surface area (Å²) in [4.78, 5) is 68.9. The summed E-state index contributed by atoms with van der Waals surface area (Å²) in [5.74, 6) is -0.442. The van der Waals surface area contributed by atoms with Crippen molar-refractivity contribution in [1.82, 2.24) is 23.2 Å². The molecule has 6 rings (SSSR count). The molecule has 2 aliphatic rings. The van der Waals surface area contributed by atoms with Crippen LogP contribution in [0.4, 0.5) is 5.69 Å². The van der Waals surface area contributed by atoms with Gasteiger partial charge in [0.1, 0.15) is 0 Å². The number of benzene rings is 2. The average molecular weight is 601 g/mol. The zero-order valence-corrected chi connectivity index (χ0v) is 25.9. The molecule has 11 heteroatoms. The fourth-order valence-electron chi connectivity index (χ4n) is 7.09. The van der Waals surface area contributed by atoms with Gasteiger partial charge in [-0.3, -0.25) is 32.7 Å². The number of anilines is 1. The molecule has 0 atom stereocenters. The lowest BCUT2D eigenvalue weighted by Gasteiger charge is -2.33. The van der Waals surface area contributed by atoms with E-state index in [0.717, 1.165) is 31.2 Å². The molecule has 0 bridgehead atoms. The smallest absolute Gasteiger partial charge is 0.331 e. The van der Waals surface area contributed by atoms with Gasteiger partial charge in [-0.1, -0.05) is 24.5 Å². The molecule has 0 spiro atoms. The van der Waals surface area contributed by atoms with Crippen molar-refractivity contribution < 1.29 is 9.59 Å². The van der Waals surface area contributed by atoms with Gasteiger partial charge in [0, 0.05) is 45.2 Å². The Morgan fingerprint density at radius 3 is 2.11 bits per heavy atom. The molecule has 1 aliphatic heterocycles. The molecule has 3 heterocycles. The standard InChI is InChI=1S/C33H40N6O5/c1-5-37-27-18-23(25(19-28(27)38(6-2)33(37)44)34-29(40)21-9-7-8-10-21)30(41)36-15-13-22(14-16-36)39-31(42)24-17-20(3)11-12-26(24)35(4)32(39)43/h11-12,17-19,21-22H,5-10,13-16H2,1-4H3,(H,34,40). The van der Waals surface area contributed by atoms with Crippen LogP contribution in [0.25, 0.3) is 21.9 Å². The summed E-state index contributed by atoms with van der Waals surface area (Å²) >= 11 is 0. The molecule has 0 radical (unpaired) electrons. The largest absolute Gasteiger partial charge is 0.338 e. The number of hydrogen-bond donors (Lipinski definition) is 1. The first-order valence-corrected chi connectivity index (χ1v) is 15.7. The molecule has 2 aromatic carbocycles. The third-order valence-electron chi connectivity index (χ3n) is 9.58. The van der Waals surface area contributed by atoms with E-state index in [2.05, 4.69) is 5.32 Å². The summed E-state index contributed by atoms with van der Waals surface area (Å²) < 4.78 is 6.16. The third kappa shape index (κ3) is 4.88. The molecule has 11 nitrogen and oxygen atoms in total. The molecule has 44 heavy (non-hydrogen) atoms. The summed E-state index contributed by atoms with van der Waals surface area (Å²) in [6.45, 7) is 7.30. The molecular formula is C33H40N6O5. The van der Waals surface area contributed by atoms with Gasteiger partial charge in [-0.05, 0) is 70.7 Å². The highest BCUT2D eigenvalue weighted by molar-refractivity contribution is 6.07. The van der Waals surface area contributed by atoms with E-state index in [1.807, 2.05) is 32.9 Å². The van der Waals surface area contributed by atoms with Crippen LogP contribution in [0.2, 0.25) is 0 Å². The quantitative estimate of drug-likeness (QED) is 0.361. The lowest BCUT2D eigenvalue weighted by Crippen LogP contribution is -2.46. The number of nitrogens with one attached hydrogen (secondary N) is 1. The van der Waals surface area contributed by atoms with Gasteiger partial charge in [0.05, 0.1) is 33.2 Å². The molecular weight excluding hydrogens is 560 g/mol. The molecule has 1 aliphatic carbocycles. The predicted octanol–water partition coefficient (Wildman–Crippen LogP) is 3.77. The van der Waals surface area contributed by atoms with Crippen LogP contribution in [-0.4, -0.2) is 48.1 Å². The summed E-state index contributed by atoms with van der Waals surface area (Å²) in [5, 5.41) is 3.54. The minimum atomic E-state index is -0.364. The van der Waals surface area contributed by atoms with Gasteiger partial charge in [-0.15, -0.1) is 0 Å². The maximum atomic E-state index is 14.1. The van der Waals surface area contributed by atoms with Gasteiger partial charge in [-0.25, -0.2) is 9.59 Å². The van der Waals surface area contributed by atoms with Crippen molar-refractivity contribution >= 4 is 39.4 Å². The second-order valence-electron chi connectivity index (χ2n) is 12.2. The molecule has 232 valence electrons. The van der Waals surface area contributed by atoms with Gasteiger partial charge in [0.2, 0.25) is 5.91 Å². The fourth-order valence-corrected chi connectivity index (χ4v) is 7.09. The Labute approximate surface area is 254 Å². The SMILES string of the molecule is CCn1c(=O)n(CC)c2cc(C(=O)N3CCC(n4c(=O)c5cc(C)ccc5n(C)c4=O)CC3)c(NC(=O)C3CCCC3)cc21.